The second kappa shape index (κ2) is 6.87. The fraction of sp³-hybridized carbons (Fsp3) is 0.562. The summed E-state index contributed by atoms with van der Waals surface area (Å²) in [5.74, 6) is 2.93. The summed E-state index contributed by atoms with van der Waals surface area (Å²) in [5, 5.41) is 3.83. The molecule has 0 aromatic carbocycles. The third-order valence-corrected chi connectivity index (χ3v) is 3.99. The Morgan fingerprint density at radius 1 is 1.32 bits per heavy atom. The number of rotatable bonds is 5. The Bertz CT molecular complexity index is 606. The van der Waals surface area contributed by atoms with E-state index < -0.39 is 0 Å². The monoisotopic (exact) mass is 302 g/mol. The summed E-state index contributed by atoms with van der Waals surface area (Å²) in [5.41, 5.74) is 0.988. The van der Waals surface area contributed by atoms with Gasteiger partial charge < -0.3 is 9.26 Å². The second-order valence-corrected chi connectivity index (χ2v) is 5.90. The third kappa shape index (κ3) is 4.04. The lowest BCUT2D eigenvalue weighted by molar-refractivity contribution is 0.126. The highest BCUT2D eigenvalue weighted by molar-refractivity contribution is 5.21. The van der Waals surface area contributed by atoms with Gasteiger partial charge in [-0.15, -0.1) is 0 Å². The molecule has 1 fully saturated rings. The number of ether oxygens (including phenoxy) is 1. The Morgan fingerprint density at radius 2 is 2.14 bits per heavy atom. The first-order valence-corrected chi connectivity index (χ1v) is 7.76. The molecule has 0 N–H and O–H groups in total. The second-order valence-electron chi connectivity index (χ2n) is 5.90. The summed E-state index contributed by atoms with van der Waals surface area (Å²) in [6.45, 7) is 7.44. The van der Waals surface area contributed by atoms with Gasteiger partial charge in [0.25, 0.3) is 0 Å². The number of likely N-dealkylation sites (tertiary alicyclic amines) is 1. The number of nitrogens with zero attached hydrogens (tertiary/aromatic N) is 4. The summed E-state index contributed by atoms with van der Waals surface area (Å²) in [4.78, 5) is 10.8. The lowest BCUT2D eigenvalue weighted by atomic mass is 9.98. The van der Waals surface area contributed by atoms with Crippen LogP contribution in [0.2, 0.25) is 0 Å². The average Bonchev–Trinajstić information content (AvgIpc) is 2.92. The molecule has 1 aliphatic rings. The number of hydrogen-bond donors (Lipinski definition) is 0. The van der Waals surface area contributed by atoms with Crippen LogP contribution in [-0.2, 0) is 6.54 Å². The molecule has 1 aliphatic heterocycles. The minimum absolute atomic E-state index is 0.606. The van der Waals surface area contributed by atoms with E-state index in [1.165, 1.54) is 0 Å². The molecule has 0 amide bonds. The topological polar surface area (TPSA) is 64.3 Å². The van der Waals surface area contributed by atoms with Gasteiger partial charge in [0.1, 0.15) is 5.75 Å². The molecular weight excluding hydrogens is 280 g/mol. The van der Waals surface area contributed by atoms with E-state index in [0.717, 1.165) is 50.5 Å². The SMILES string of the molecule is Cc1cc(OCC2CCN(Cc3nc(C)no3)CC2)ccn1. The van der Waals surface area contributed by atoms with E-state index in [1.54, 1.807) is 6.20 Å². The molecule has 2 aromatic rings. The van der Waals surface area contributed by atoms with Crippen LogP contribution in [0, 0.1) is 19.8 Å². The lowest BCUT2D eigenvalue weighted by Crippen LogP contribution is -2.35. The smallest absolute Gasteiger partial charge is 0.240 e. The number of aromatic nitrogens is 3. The molecule has 0 aliphatic carbocycles. The highest BCUT2D eigenvalue weighted by Crippen LogP contribution is 2.20. The molecule has 6 heteroatoms. The molecule has 0 saturated carbocycles. The van der Waals surface area contributed by atoms with Gasteiger partial charge in [0.15, 0.2) is 5.82 Å². The van der Waals surface area contributed by atoms with Gasteiger partial charge in [0.2, 0.25) is 5.89 Å². The lowest BCUT2D eigenvalue weighted by Gasteiger charge is -2.30. The maximum Gasteiger partial charge on any atom is 0.240 e. The Balaban J connectivity index is 1.42. The summed E-state index contributed by atoms with van der Waals surface area (Å²) in [6.07, 6.45) is 4.06. The average molecular weight is 302 g/mol. The fourth-order valence-electron chi connectivity index (χ4n) is 2.73. The molecule has 0 unspecified atom stereocenters. The summed E-state index contributed by atoms with van der Waals surface area (Å²) in [6, 6.07) is 3.90. The van der Waals surface area contributed by atoms with Gasteiger partial charge in [-0.05, 0) is 51.8 Å². The Labute approximate surface area is 130 Å². The minimum Gasteiger partial charge on any atom is -0.493 e. The predicted octanol–water partition coefficient (Wildman–Crippen LogP) is 2.37. The summed E-state index contributed by atoms with van der Waals surface area (Å²) in [7, 11) is 0. The summed E-state index contributed by atoms with van der Waals surface area (Å²) >= 11 is 0. The van der Waals surface area contributed by atoms with Gasteiger partial charge in [-0.2, -0.15) is 4.98 Å². The zero-order valence-electron chi connectivity index (χ0n) is 13.2. The Morgan fingerprint density at radius 3 is 2.82 bits per heavy atom. The van der Waals surface area contributed by atoms with Crippen molar-refractivity contribution in [3.8, 4) is 5.75 Å². The maximum atomic E-state index is 5.88. The van der Waals surface area contributed by atoms with E-state index in [4.69, 9.17) is 9.26 Å². The van der Waals surface area contributed by atoms with E-state index in [9.17, 15) is 0 Å². The van der Waals surface area contributed by atoms with Crippen LogP contribution in [0.3, 0.4) is 0 Å². The van der Waals surface area contributed by atoms with Gasteiger partial charge >= 0.3 is 0 Å². The molecule has 0 radical (unpaired) electrons. The molecule has 3 heterocycles. The van der Waals surface area contributed by atoms with Crippen LogP contribution < -0.4 is 4.74 Å². The van der Waals surface area contributed by atoms with Crippen molar-refractivity contribution in [2.75, 3.05) is 19.7 Å². The maximum absolute atomic E-state index is 5.88. The standard InChI is InChI=1S/C16H22N4O2/c1-12-9-15(3-6-17-12)21-11-14-4-7-20(8-5-14)10-16-18-13(2)19-22-16/h3,6,9,14H,4-5,7-8,10-11H2,1-2H3. The molecule has 3 rings (SSSR count). The number of pyridine rings is 1. The van der Waals surface area contributed by atoms with E-state index in [0.29, 0.717) is 17.6 Å². The fourth-order valence-corrected chi connectivity index (χ4v) is 2.73. The largest absolute Gasteiger partial charge is 0.493 e. The van der Waals surface area contributed by atoms with Crippen molar-refractivity contribution in [2.24, 2.45) is 5.92 Å². The first-order chi connectivity index (χ1) is 10.7. The van der Waals surface area contributed by atoms with Crippen LogP contribution >= 0.6 is 0 Å². The molecule has 22 heavy (non-hydrogen) atoms. The first kappa shape index (κ1) is 15.0. The third-order valence-electron chi connectivity index (χ3n) is 3.99. The van der Waals surface area contributed by atoms with Crippen LogP contribution in [0.5, 0.6) is 5.75 Å². The highest BCUT2D eigenvalue weighted by Gasteiger charge is 2.21. The minimum atomic E-state index is 0.606. The van der Waals surface area contributed by atoms with Crippen molar-refractivity contribution in [3.05, 3.63) is 35.7 Å². The van der Waals surface area contributed by atoms with Gasteiger partial charge in [-0.3, -0.25) is 9.88 Å². The predicted molar refractivity (Wildman–Crippen MR) is 81.5 cm³/mol. The molecule has 2 aromatic heterocycles. The normalized spacial score (nSPS) is 16.8. The molecule has 0 spiro atoms. The van der Waals surface area contributed by atoms with Crippen LogP contribution in [0.25, 0.3) is 0 Å². The van der Waals surface area contributed by atoms with Crippen molar-refractivity contribution in [1.82, 2.24) is 20.0 Å². The number of hydrogen-bond acceptors (Lipinski definition) is 6. The first-order valence-electron chi connectivity index (χ1n) is 7.76. The molecule has 0 bridgehead atoms. The van der Waals surface area contributed by atoms with Gasteiger partial charge in [-0.1, -0.05) is 5.16 Å². The van der Waals surface area contributed by atoms with Gasteiger partial charge in [0, 0.05) is 18.0 Å². The van der Waals surface area contributed by atoms with Crippen molar-refractivity contribution in [1.29, 1.82) is 0 Å². The van der Waals surface area contributed by atoms with Crippen molar-refractivity contribution < 1.29 is 9.26 Å². The number of aryl methyl sites for hydroxylation is 2. The molecule has 118 valence electrons. The van der Waals surface area contributed by atoms with Crippen LogP contribution in [-0.4, -0.2) is 39.7 Å². The van der Waals surface area contributed by atoms with Crippen LogP contribution in [0.15, 0.2) is 22.9 Å². The number of piperidine rings is 1. The highest BCUT2D eigenvalue weighted by atomic mass is 16.5. The van der Waals surface area contributed by atoms with E-state index >= 15 is 0 Å². The van der Waals surface area contributed by atoms with Crippen LogP contribution in [0.1, 0.15) is 30.3 Å². The Kier molecular flexibility index (Phi) is 4.68. The Hall–Kier alpha value is -1.95. The van der Waals surface area contributed by atoms with Crippen molar-refractivity contribution in [3.63, 3.8) is 0 Å². The van der Waals surface area contributed by atoms with Gasteiger partial charge in [-0.25, -0.2) is 0 Å². The van der Waals surface area contributed by atoms with Crippen LogP contribution in [0.4, 0.5) is 0 Å². The molecule has 6 nitrogen and oxygen atoms in total. The zero-order chi connectivity index (χ0) is 15.4. The molecular formula is C16H22N4O2. The van der Waals surface area contributed by atoms with E-state index in [1.807, 2.05) is 26.0 Å². The zero-order valence-corrected chi connectivity index (χ0v) is 13.2. The summed E-state index contributed by atoms with van der Waals surface area (Å²) < 4.78 is 11.1. The van der Waals surface area contributed by atoms with E-state index in [-0.39, 0.29) is 0 Å². The molecule has 0 atom stereocenters. The molecule has 1 saturated heterocycles. The van der Waals surface area contributed by atoms with E-state index in [2.05, 4.69) is 20.0 Å². The quantitative estimate of drug-likeness (QED) is 0.845. The van der Waals surface area contributed by atoms with Crippen molar-refractivity contribution in [2.45, 2.75) is 33.2 Å². The van der Waals surface area contributed by atoms with Gasteiger partial charge in [0.05, 0.1) is 13.2 Å². The van der Waals surface area contributed by atoms with Crippen molar-refractivity contribution >= 4 is 0 Å².